The van der Waals surface area contributed by atoms with Crippen LogP contribution in [-0.2, 0) is 11.2 Å². The molecule has 1 unspecified atom stereocenters. The van der Waals surface area contributed by atoms with Crippen LogP contribution in [0.5, 0.6) is 5.75 Å². The summed E-state index contributed by atoms with van der Waals surface area (Å²) in [5.41, 5.74) is 1.93. The highest BCUT2D eigenvalue weighted by Gasteiger charge is 2.30. The smallest absolute Gasteiger partial charge is 0.319 e. The van der Waals surface area contributed by atoms with E-state index >= 15 is 0 Å². The molecule has 2 atom stereocenters. The molecule has 0 aliphatic carbocycles. The van der Waals surface area contributed by atoms with Gasteiger partial charge in [0.15, 0.2) is 0 Å². The fraction of sp³-hybridized carbons (Fsp3) is 0.500. The van der Waals surface area contributed by atoms with Gasteiger partial charge in [0, 0.05) is 18.8 Å². The van der Waals surface area contributed by atoms with E-state index in [9.17, 15) is 9.18 Å². The zero-order valence-electron chi connectivity index (χ0n) is 19.3. The number of hydrogen-bond acceptors (Lipinski definition) is 4. The first-order chi connectivity index (χ1) is 16.1. The number of hydrogen-bond donors (Lipinski definition) is 2. The number of likely N-dealkylation sites (tertiary alicyclic amines) is 1. The third-order valence-electron chi connectivity index (χ3n) is 6.69. The number of carbonyl (C=O) groups excluding carboxylic acids is 1. The number of ether oxygens (including phenoxy) is 2. The summed E-state index contributed by atoms with van der Waals surface area (Å²) in [5, 5.41) is 6.02. The molecule has 6 nitrogen and oxygen atoms in total. The summed E-state index contributed by atoms with van der Waals surface area (Å²) in [5.74, 6) is 1.20. The predicted octanol–water partition coefficient (Wildman–Crippen LogP) is 4.46. The summed E-state index contributed by atoms with van der Waals surface area (Å²) < 4.78 is 24.4. The van der Waals surface area contributed by atoms with Gasteiger partial charge in [0.25, 0.3) is 0 Å². The van der Waals surface area contributed by atoms with E-state index in [0.717, 1.165) is 69.8 Å². The lowest BCUT2D eigenvalue weighted by atomic mass is 9.89. The summed E-state index contributed by atoms with van der Waals surface area (Å²) in [6.45, 7) is 3.62. The summed E-state index contributed by atoms with van der Waals surface area (Å²) in [4.78, 5) is 15.0. The number of halogens is 1. The van der Waals surface area contributed by atoms with E-state index in [1.165, 1.54) is 5.56 Å². The Morgan fingerprint density at radius 1 is 1.09 bits per heavy atom. The Hall–Kier alpha value is -2.64. The molecule has 2 amide bonds. The second-order valence-corrected chi connectivity index (χ2v) is 9.06. The molecule has 33 heavy (non-hydrogen) atoms. The Morgan fingerprint density at radius 3 is 2.52 bits per heavy atom. The van der Waals surface area contributed by atoms with Gasteiger partial charge in [-0.1, -0.05) is 12.1 Å². The topological polar surface area (TPSA) is 62.8 Å². The molecular weight excluding hydrogens is 421 g/mol. The van der Waals surface area contributed by atoms with Gasteiger partial charge in [0.05, 0.1) is 19.3 Å². The fourth-order valence-corrected chi connectivity index (χ4v) is 4.78. The minimum atomic E-state index is -0.210. The van der Waals surface area contributed by atoms with Crippen LogP contribution in [0.2, 0.25) is 0 Å². The molecule has 0 bridgehead atoms. The lowest BCUT2D eigenvalue weighted by Gasteiger charge is -2.38. The molecule has 2 aliphatic heterocycles. The van der Waals surface area contributed by atoms with Gasteiger partial charge < -0.3 is 25.0 Å². The van der Waals surface area contributed by atoms with E-state index < -0.39 is 0 Å². The lowest BCUT2D eigenvalue weighted by Crippen LogP contribution is -2.53. The van der Waals surface area contributed by atoms with Crippen molar-refractivity contribution in [1.82, 2.24) is 10.2 Å². The number of methoxy groups -OCH3 is 1. The monoisotopic (exact) mass is 455 g/mol. The van der Waals surface area contributed by atoms with Gasteiger partial charge in [-0.05, 0) is 93.1 Å². The third kappa shape index (κ3) is 6.92. The largest absolute Gasteiger partial charge is 0.497 e. The maximum absolute atomic E-state index is 13.1. The summed E-state index contributed by atoms with van der Waals surface area (Å²) in [6, 6.07) is 13.9. The Morgan fingerprint density at radius 2 is 1.82 bits per heavy atom. The van der Waals surface area contributed by atoms with Gasteiger partial charge >= 0.3 is 6.03 Å². The Bertz CT molecular complexity index is 883. The van der Waals surface area contributed by atoms with Crippen molar-refractivity contribution in [2.75, 3.05) is 38.7 Å². The van der Waals surface area contributed by atoms with Crippen molar-refractivity contribution in [3.63, 3.8) is 0 Å². The Labute approximate surface area is 195 Å². The van der Waals surface area contributed by atoms with Crippen LogP contribution in [0.25, 0.3) is 0 Å². The predicted molar refractivity (Wildman–Crippen MR) is 127 cm³/mol. The summed E-state index contributed by atoms with van der Waals surface area (Å²) in [6.07, 6.45) is 5.12. The SMILES string of the molecule is COc1ccc(NC(=O)N[C@@H]2CCCOC2CN2CCC(Cc3ccc(F)cc3)CC2)cc1. The van der Waals surface area contributed by atoms with Crippen LogP contribution >= 0.6 is 0 Å². The van der Waals surface area contributed by atoms with E-state index in [1.54, 1.807) is 19.2 Å². The Balaban J connectivity index is 1.23. The second-order valence-electron chi connectivity index (χ2n) is 9.06. The first-order valence-electron chi connectivity index (χ1n) is 11.9. The van der Waals surface area contributed by atoms with Crippen molar-refractivity contribution in [3.8, 4) is 5.75 Å². The van der Waals surface area contributed by atoms with Crippen LogP contribution in [0.4, 0.5) is 14.9 Å². The van der Waals surface area contributed by atoms with Gasteiger partial charge in [-0.3, -0.25) is 0 Å². The minimum Gasteiger partial charge on any atom is -0.497 e. The van der Waals surface area contributed by atoms with E-state index in [-0.39, 0.29) is 24.0 Å². The number of nitrogens with zero attached hydrogens (tertiary/aromatic N) is 1. The molecule has 2 heterocycles. The van der Waals surface area contributed by atoms with Crippen LogP contribution < -0.4 is 15.4 Å². The number of benzene rings is 2. The highest BCUT2D eigenvalue weighted by atomic mass is 19.1. The van der Waals surface area contributed by atoms with Crippen LogP contribution in [-0.4, -0.2) is 56.4 Å². The molecule has 4 rings (SSSR count). The third-order valence-corrected chi connectivity index (χ3v) is 6.69. The van der Waals surface area contributed by atoms with Gasteiger partial charge in [-0.25, -0.2) is 9.18 Å². The number of urea groups is 1. The molecule has 0 spiro atoms. The van der Waals surface area contributed by atoms with E-state index in [2.05, 4.69) is 15.5 Å². The average molecular weight is 456 g/mol. The second kappa shape index (κ2) is 11.5. The lowest BCUT2D eigenvalue weighted by molar-refractivity contribution is -0.0293. The summed E-state index contributed by atoms with van der Waals surface area (Å²) in [7, 11) is 1.62. The van der Waals surface area contributed by atoms with Crippen molar-refractivity contribution in [3.05, 3.63) is 59.9 Å². The van der Waals surface area contributed by atoms with Crippen molar-refractivity contribution >= 4 is 11.7 Å². The van der Waals surface area contributed by atoms with Gasteiger partial charge in [0.2, 0.25) is 0 Å². The van der Waals surface area contributed by atoms with Gasteiger partial charge in [-0.15, -0.1) is 0 Å². The van der Waals surface area contributed by atoms with E-state index in [1.807, 2.05) is 36.4 Å². The minimum absolute atomic E-state index is 0.00554. The number of rotatable bonds is 7. The van der Waals surface area contributed by atoms with Crippen LogP contribution in [0, 0.1) is 11.7 Å². The van der Waals surface area contributed by atoms with Crippen LogP contribution in [0.1, 0.15) is 31.2 Å². The molecule has 2 aromatic rings. The standard InChI is InChI=1S/C26H34FN3O3/c1-32-23-10-8-22(9-11-23)28-26(31)29-24-3-2-16-33-25(24)18-30-14-12-20(13-15-30)17-19-4-6-21(27)7-5-19/h4-11,20,24-25H,2-3,12-18H2,1H3,(H2,28,29,31)/t24-,25?/m1/s1. The number of nitrogens with one attached hydrogen (secondary N) is 2. The van der Waals surface area contributed by atoms with Crippen molar-refractivity contribution in [1.29, 1.82) is 0 Å². The maximum Gasteiger partial charge on any atom is 0.319 e. The summed E-state index contributed by atoms with van der Waals surface area (Å²) >= 11 is 0. The molecule has 178 valence electrons. The number of amides is 2. The van der Waals surface area contributed by atoms with Crippen molar-refractivity contribution < 1.29 is 18.7 Å². The molecule has 2 aliphatic rings. The van der Waals surface area contributed by atoms with Crippen molar-refractivity contribution in [2.45, 2.75) is 44.2 Å². The quantitative estimate of drug-likeness (QED) is 0.647. The zero-order valence-corrected chi connectivity index (χ0v) is 19.3. The normalized spacial score (nSPS) is 22.0. The molecule has 0 saturated carbocycles. The van der Waals surface area contributed by atoms with Crippen LogP contribution in [0.15, 0.2) is 48.5 Å². The highest BCUT2D eigenvalue weighted by molar-refractivity contribution is 5.89. The molecule has 0 radical (unpaired) electrons. The van der Waals surface area contributed by atoms with Gasteiger partial charge in [0.1, 0.15) is 11.6 Å². The van der Waals surface area contributed by atoms with Crippen LogP contribution in [0.3, 0.4) is 0 Å². The molecule has 2 saturated heterocycles. The van der Waals surface area contributed by atoms with E-state index in [0.29, 0.717) is 5.92 Å². The molecule has 2 N–H and O–H groups in total. The van der Waals surface area contributed by atoms with Gasteiger partial charge in [-0.2, -0.15) is 0 Å². The first-order valence-corrected chi connectivity index (χ1v) is 11.9. The molecule has 2 aromatic carbocycles. The highest BCUT2D eigenvalue weighted by Crippen LogP contribution is 2.24. The molecule has 2 fully saturated rings. The Kier molecular flexibility index (Phi) is 8.18. The van der Waals surface area contributed by atoms with Crippen molar-refractivity contribution in [2.24, 2.45) is 5.92 Å². The average Bonchev–Trinajstić information content (AvgIpc) is 2.83. The fourth-order valence-electron chi connectivity index (χ4n) is 4.78. The zero-order chi connectivity index (χ0) is 23.0. The first kappa shape index (κ1) is 23.5. The molecule has 0 aromatic heterocycles. The maximum atomic E-state index is 13.1. The number of anilines is 1. The van der Waals surface area contributed by atoms with E-state index in [4.69, 9.17) is 9.47 Å². The number of carbonyl (C=O) groups is 1. The molecule has 7 heteroatoms. The number of piperidine rings is 1. The molecular formula is C26H34FN3O3.